The molecule has 1 heterocycles. The van der Waals surface area contributed by atoms with Crippen molar-refractivity contribution in [1.82, 2.24) is 0 Å². The van der Waals surface area contributed by atoms with Crippen LogP contribution in [0.2, 0.25) is 0 Å². The van der Waals surface area contributed by atoms with Gasteiger partial charge in [0.25, 0.3) is 0 Å². The first-order valence-corrected chi connectivity index (χ1v) is 5.07. The topological polar surface area (TPSA) is 63.6 Å². The highest BCUT2D eigenvalue weighted by Gasteiger charge is 2.39. The molecular formula is C10H16O4. The molecule has 0 aromatic carbocycles. The zero-order valence-corrected chi connectivity index (χ0v) is 8.36. The van der Waals surface area contributed by atoms with Gasteiger partial charge < -0.3 is 9.84 Å². The van der Waals surface area contributed by atoms with E-state index in [4.69, 9.17) is 9.84 Å². The first kappa shape index (κ1) is 11.0. The first-order chi connectivity index (χ1) is 6.65. The number of rotatable bonds is 5. The third-order valence-electron chi connectivity index (χ3n) is 2.53. The van der Waals surface area contributed by atoms with E-state index >= 15 is 0 Å². The van der Waals surface area contributed by atoms with Gasteiger partial charge in [-0.3, -0.25) is 9.59 Å². The molecule has 0 bridgehead atoms. The molecule has 1 aliphatic rings. The molecule has 1 rings (SSSR count). The molecule has 2 atom stereocenters. The van der Waals surface area contributed by atoms with Gasteiger partial charge in [-0.05, 0) is 12.8 Å². The van der Waals surface area contributed by atoms with Crippen LogP contribution < -0.4 is 0 Å². The smallest absolute Gasteiger partial charge is 0.310 e. The van der Waals surface area contributed by atoms with Gasteiger partial charge in [0.15, 0.2) is 0 Å². The van der Waals surface area contributed by atoms with E-state index in [0.717, 1.165) is 19.3 Å². The molecule has 1 unspecified atom stereocenters. The van der Waals surface area contributed by atoms with E-state index in [1.54, 1.807) is 0 Å². The maximum Gasteiger partial charge on any atom is 0.310 e. The predicted molar refractivity (Wildman–Crippen MR) is 49.8 cm³/mol. The quantitative estimate of drug-likeness (QED) is 0.540. The fourth-order valence-corrected chi connectivity index (χ4v) is 1.71. The molecule has 80 valence electrons. The van der Waals surface area contributed by atoms with Gasteiger partial charge >= 0.3 is 11.9 Å². The van der Waals surface area contributed by atoms with Crippen LogP contribution in [0.5, 0.6) is 0 Å². The molecule has 0 saturated carbocycles. The van der Waals surface area contributed by atoms with Crippen molar-refractivity contribution in [2.24, 2.45) is 5.92 Å². The molecule has 14 heavy (non-hydrogen) atoms. The second-order valence-corrected chi connectivity index (χ2v) is 3.67. The molecule has 1 N–H and O–H groups in total. The summed E-state index contributed by atoms with van der Waals surface area (Å²) in [4.78, 5) is 21.7. The van der Waals surface area contributed by atoms with Crippen molar-refractivity contribution in [1.29, 1.82) is 0 Å². The molecule has 0 spiro atoms. The van der Waals surface area contributed by atoms with Crippen molar-refractivity contribution in [3.05, 3.63) is 0 Å². The first-order valence-electron chi connectivity index (χ1n) is 5.07. The van der Waals surface area contributed by atoms with Crippen molar-refractivity contribution in [3.8, 4) is 0 Å². The van der Waals surface area contributed by atoms with E-state index < -0.39 is 18.0 Å². The molecular weight excluding hydrogens is 184 g/mol. The van der Waals surface area contributed by atoms with Gasteiger partial charge in [0.2, 0.25) is 0 Å². The van der Waals surface area contributed by atoms with E-state index in [1.165, 1.54) is 0 Å². The van der Waals surface area contributed by atoms with Gasteiger partial charge in [0, 0.05) is 0 Å². The number of esters is 1. The summed E-state index contributed by atoms with van der Waals surface area (Å²) >= 11 is 0. The number of hydrogen-bond acceptors (Lipinski definition) is 3. The molecule has 0 aliphatic carbocycles. The predicted octanol–water partition coefficient (Wildman–Crippen LogP) is 1.58. The molecule has 0 radical (unpaired) electrons. The highest BCUT2D eigenvalue weighted by Crippen LogP contribution is 2.26. The number of aliphatic carboxylic acids is 1. The number of hydrogen-bond donors (Lipinski definition) is 1. The van der Waals surface area contributed by atoms with Crippen molar-refractivity contribution in [2.45, 2.75) is 45.1 Å². The van der Waals surface area contributed by atoms with Gasteiger partial charge in [0.1, 0.15) is 12.0 Å². The van der Waals surface area contributed by atoms with E-state index in [0.29, 0.717) is 6.42 Å². The molecule has 0 aromatic rings. The van der Waals surface area contributed by atoms with Gasteiger partial charge in [-0.2, -0.15) is 0 Å². The van der Waals surface area contributed by atoms with Crippen molar-refractivity contribution >= 4 is 11.9 Å². The highest BCUT2D eigenvalue weighted by atomic mass is 16.6. The Morgan fingerprint density at radius 1 is 1.57 bits per heavy atom. The van der Waals surface area contributed by atoms with Gasteiger partial charge in [0.05, 0.1) is 6.42 Å². The molecule has 1 fully saturated rings. The minimum atomic E-state index is -0.919. The summed E-state index contributed by atoms with van der Waals surface area (Å²) in [5, 5.41) is 8.83. The summed E-state index contributed by atoms with van der Waals surface area (Å²) in [5.41, 5.74) is 0. The van der Waals surface area contributed by atoms with Crippen LogP contribution >= 0.6 is 0 Å². The Balaban J connectivity index is 2.41. The van der Waals surface area contributed by atoms with E-state index in [1.807, 2.05) is 0 Å². The average Bonchev–Trinajstić information content (AvgIpc) is 2.47. The van der Waals surface area contributed by atoms with Crippen molar-refractivity contribution < 1.29 is 19.4 Å². The van der Waals surface area contributed by atoms with Crippen LogP contribution in [0, 0.1) is 5.92 Å². The number of carboxylic acids is 1. The maximum atomic E-state index is 10.9. The second-order valence-electron chi connectivity index (χ2n) is 3.67. The fourth-order valence-electron chi connectivity index (χ4n) is 1.71. The second kappa shape index (κ2) is 4.98. The maximum absolute atomic E-state index is 10.9. The summed E-state index contributed by atoms with van der Waals surface area (Å²) in [5.74, 6) is -1.92. The van der Waals surface area contributed by atoms with Crippen LogP contribution in [0.25, 0.3) is 0 Å². The molecule has 4 heteroatoms. The number of cyclic esters (lactones) is 1. The molecule has 0 amide bonds. The minimum Gasteiger partial charge on any atom is -0.481 e. The average molecular weight is 200 g/mol. The lowest BCUT2D eigenvalue weighted by molar-refractivity contribution is -0.144. The van der Waals surface area contributed by atoms with Crippen molar-refractivity contribution in [2.75, 3.05) is 0 Å². The lowest BCUT2D eigenvalue weighted by atomic mass is 9.97. The normalized spacial score (nSPS) is 26.2. The number of carbonyl (C=O) groups is 2. The fraction of sp³-hybridized carbons (Fsp3) is 0.800. The Morgan fingerprint density at radius 2 is 2.29 bits per heavy atom. The lowest BCUT2D eigenvalue weighted by Crippen LogP contribution is -2.23. The Bertz CT molecular complexity index is 224. The molecule has 0 aromatic heterocycles. The summed E-state index contributed by atoms with van der Waals surface area (Å²) in [6.07, 6.45) is 3.38. The zero-order chi connectivity index (χ0) is 10.6. The Kier molecular flexibility index (Phi) is 3.92. The lowest BCUT2D eigenvalue weighted by Gasteiger charge is -2.13. The molecule has 1 aliphatic heterocycles. The monoisotopic (exact) mass is 200 g/mol. The summed E-state index contributed by atoms with van der Waals surface area (Å²) < 4.78 is 4.96. The Labute approximate surface area is 83.2 Å². The largest absolute Gasteiger partial charge is 0.481 e. The van der Waals surface area contributed by atoms with E-state index in [2.05, 4.69) is 6.92 Å². The highest BCUT2D eigenvalue weighted by molar-refractivity contribution is 5.82. The summed E-state index contributed by atoms with van der Waals surface area (Å²) in [6, 6.07) is 0. The standard InChI is InChI=1S/C10H16O4/c1-2-3-4-5-8-7(10(12)13)6-9(11)14-8/h7-8H,2-6H2,1H3,(H,12,13)/t7-,8?/m1/s1. The van der Waals surface area contributed by atoms with Crippen LogP contribution in [-0.2, 0) is 14.3 Å². The summed E-state index contributed by atoms with van der Waals surface area (Å²) in [6.45, 7) is 2.08. The Morgan fingerprint density at radius 3 is 2.86 bits per heavy atom. The minimum absolute atomic E-state index is 0.0339. The number of carboxylic acid groups (broad SMARTS) is 1. The van der Waals surface area contributed by atoms with Crippen LogP contribution in [-0.4, -0.2) is 23.1 Å². The van der Waals surface area contributed by atoms with Gasteiger partial charge in [-0.15, -0.1) is 0 Å². The molecule has 1 saturated heterocycles. The SMILES string of the molecule is CCCCCC1OC(=O)C[C@H]1C(=O)O. The van der Waals surface area contributed by atoms with Crippen LogP contribution in [0.15, 0.2) is 0 Å². The number of ether oxygens (including phenoxy) is 1. The third-order valence-corrected chi connectivity index (χ3v) is 2.53. The van der Waals surface area contributed by atoms with Crippen LogP contribution in [0.4, 0.5) is 0 Å². The van der Waals surface area contributed by atoms with Crippen LogP contribution in [0.3, 0.4) is 0 Å². The summed E-state index contributed by atoms with van der Waals surface area (Å²) in [7, 11) is 0. The van der Waals surface area contributed by atoms with Crippen LogP contribution in [0.1, 0.15) is 39.0 Å². The number of carbonyl (C=O) groups excluding carboxylic acids is 1. The van der Waals surface area contributed by atoms with Gasteiger partial charge in [-0.25, -0.2) is 0 Å². The van der Waals surface area contributed by atoms with Crippen molar-refractivity contribution in [3.63, 3.8) is 0 Å². The van der Waals surface area contributed by atoms with E-state index in [9.17, 15) is 9.59 Å². The van der Waals surface area contributed by atoms with E-state index in [-0.39, 0.29) is 12.4 Å². The Hall–Kier alpha value is -1.06. The third kappa shape index (κ3) is 2.72. The molecule has 4 nitrogen and oxygen atoms in total. The number of unbranched alkanes of at least 4 members (excludes halogenated alkanes) is 2. The zero-order valence-electron chi connectivity index (χ0n) is 8.36. The van der Waals surface area contributed by atoms with Gasteiger partial charge in [-0.1, -0.05) is 19.8 Å².